The van der Waals surface area contributed by atoms with Crippen molar-refractivity contribution in [2.75, 3.05) is 19.8 Å². The van der Waals surface area contributed by atoms with Crippen LogP contribution in [-0.4, -0.2) is 165 Å². The second kappa shape index (κ2) is 14.4. The maximum absolute atomic E-state index is 11.8. The first-order valence-corrected chi connectivity index (χ1v) is 13.1. The molecule has 0 aromatic carbocycles. The summed E-state index contributed by atoms with van der Waals surface area (Å²) in [6, 6.07) is -4.25. The number of carbonyl (C=O) groups is 2. The highest BCUT2D eigenvalue weighted by atomic mass is 16.7. The largest absolute Gasteiger partial charge is 0.394 e. The smallest absolute Gasteiger partial charge is 0.176 e. The standard InChI is InChI=1S/C23H41N3O15/c24-11-14(32)17(9(5-29)37-20(11)36)39-21-12(25)15(33)18(10(6-30)38-21)40-22-13(26)16(34)19(35)23(7-31,41-22)8(4-28)2-1-3-27/h3-4,8-22,29-36H,1-2,5-7,24-26H2/t8?,9-,10-,11-,12-,13-,14-,15-,16-,17?,18?,19+,20-,21+,22+,23+/m1/s1. The maximum Gasteiger partial charge on any atom is 0.176 e. The minimum absolute atomic E-state index is 0.130. The highest BCUT2D eigenvalue weighted by Crippen LogP contribution is 2.38. The first kappa shape index (κ1) is 34.2. The van der Waals surface area contributed by atoms with E-state index >= 15 is 0 Å². The molecule has 0 spiro atoms. The van der Waals surface area contributed by atoms with Crippen LogP contribution in [0.25, 0.3) is 0 Å². The van der Waals surface area contributed by atoms with Gasteiger partial charge in [-0.25, -0.2) is 0 Å². The van der Waals surface area contributed by atoms with Crippen molar-refractivity contribution in [2.45, 2.75) is 104 Å². The molecule has 3 saturated heterocycles. The molecule has 0 saturated carbocycles. The lowest BCUT2D eigenvalue weighted by Crippen LogP contribution is -2.73. The van der Waals surface area contributed by atoms with Crippen molar-refractivity contribution in [1.29, 1.82) is 0 Å². The predicted octanol–water partition coefficient (Wildman–Crippen LogP) is -7.51. The van der Waals surface area contributed by atoms with E-state index < -0.39 is 117 Å². The van der Waals surface area contributed by atoms with E-state index in [0.717, 1.165) is 0 Å². The SMILES string of the molecule is N[C@H]1[C@@H](OC2[C@@H](CO)O[C@@H](OC3[C@@H](CO)O[C@@H](O)[C@H](N)[C@H]3O)[C@H](N)[C@H]2O)O[C@@](CO)(C(C=O)CCC=O)[C@@H](O)[C@@H]1O. The molecule has 18 heteroatoms. The highest BCUT2D eigenvalue weighted by molar-refractivity contribution is 5.58. The molecule has 18 nitrogen and oxygen atoms in total. The molecule has 41 heavy (non-hydrogen) atoms. The minimum atomic E-state index is -2.15. The van der Waals surface area contributed by atoms with Gasteiger partial charge in [0.2, 0.25) is 0 Å². The molecular weight excluding hydrogens is 558 g/mol. The fourth-order valence-electron chi connectivity index (χ4n) is 5.33. The van der Waals surface area contributed by atoms with Crippen molar-refractivity contribution in [1.82, 2.24) is 0 Å². The van der Waals surface area contributed by atoms with E-state index in [1.54, 1.807) is 0 Å². The number of carbonyl (C=O) groups excluding carboxylic acids is 2. The normalized spacial score (nSPS) is 48.0. The van der Waals surface area contributed by atoms with Crippen molar-refractivity contribution in [3.05, 3.63) is 0 Å². The molecule has 14 N–H and O–H groups in total. The Hall–Kier alpha value is -1.30. The molecule has 0 aromatic heterocycles. The average Bonchev–Trinajstić information content (AvgIpc) is 2.97. The van der Waals surface area contributed by atoms with Gasteiger partial charge >= 0.3 is 0 Å². The summed E-state index contributed by atoms with van der Waals surface area (Å²) in [4.78, 5) is 22.7. The summed E-state index contributed by atoms with van der Waals surface area (Å²) in [5, 5.41) is 82.5. The Balaban J connectivity index is 1.81. The Labute approximate surface area is 234 Å². The molecule has 0 amide bonds. The van der Waals surface area contributed by atoms with E-state index in [-0.39, 0.29) is 12.8 Å². The predicted molar refractivity (Wildman–Crippen MR) is 131 cm³/mol. The van der Waals surface area contributed by atoms with E-state index in [1.807, 2.05) is 0 Å². The van der Waals surface area contributed by atoms with Crippen molar-refractivity contribution >= 4 is 12.6 Å². The Kier molecular flexibility index (Phi) is 12.0. The van der Waals surface area contributed by atoms with Gasteiger partial charge in [-0.05, 0) is 6.42 Å². The molecule has 0 aliphatic carbocycles. The molecule has 3 fully saturated rings. The van der Waals surface area contributed by atoms with Gasteiger partial charge in [0.25, 0.3) is 0 Å². The third kappa shape index (κ3) is 6.63. The number of hydrogen-bond donors (Lipinski definition) is 11. The summed E-state index contributed by atoms with van der Waals surface area (Å²) in [7, 11) is 0. The lowest BCUT2D eigenvalue weighted by Gasteiger charge is -2.52. The maximum atomic E-state index is 11.8. The van der Waals surface area contributed by atoms with Crippen molar-refractivity contribution in [3.63, 3.8) is 0 Å². The van der Waals surface area contributed by atoms with Crippen LogP contribution < -0.4 is 17.2 Å². The number of aliphatic hydroxyl groups excluding tert-OH is 8. The zero-order valence-electron chi connectivity index (χ0n) is 22.0. The molecule has 0 aromatic rings. The Bertz CT molecular complexity index is 857. The summed E-state index contributed by atoms with van der Waals surface area (Å²) in [5.74, 6) is -1.28. The first-order valence-electron chi connectivity index (χ1n) is 13.1. The van der Waals surface area contributed by atoms with Crippen LogP contribution in [0.5, 0.6) is 0 Å². The van der Waals surface area contributed by atoms with Crippen LogP contribution in [0.15, 0.2) is 0 Å². The van der Waals surface area contributed by atoms with Gasteiger partial charge < -0.3 is 91.3 Å². The van der Waals surface area contributed by atoms with E-state index in [9.17, 15) is 50.4 Å². The number of nitrogens with two attached hydrogens (primary N) is 3. The van der Waals surface area contributed by atoms with E-state index in [0.29, 0.717) is 12.6 Å². The van der Waals surface area contributed by atoms with Crippen LogP contribution in [-0.2, 0) is 33.3 Å². The quantitative estimate of drug-likeness (QED) is 0.0927. The molecule has 238 valence electrons. The van der Waals surface area contributed by atoms with Crippen molar-refractivity contribution in [3.8, 4) is 0 Å². The van der Waals surface area contributed by atoms with Gasteiger partial charge in [0.1, 0.15) is 67.0 Å². The van der Waals surface area contributed by atoms with Crippen LogP contribution in [0.2, 0.25) is 0 Å². The molecular formula is C23H41N3O15. The van der Waals surface area contributed by atoms with Gasteiger partial charge in [-0.1, -0.05) is 0 Å². The molecule has 16 atom stereocenters. The zero-order valence-corrected chi connectivity index (χ0v) is 22.0. The summed E-state index contributed by atoms with van der Waals surface area (Å²) in [6.45, 7) is -2.48. The second-order valence-corrected chi connectivity index (χ2v) is 10.4. The molecule has 0 radical (unpaired) electrons. The molecule has 3 aliphatic rings. The van der Waals surface area contributed by atoms with Crippen LogP contribution in [0.1, 0.15) is 12.8 Å². The third-order valence-electron chi connectivity index (χ3n) is 7.91. The summed E-state index contributed by atoms with van der Waals surface area (Å²) in [5.41, 5.74) is 15.7. The van der Waals surface area contributed by atoms with Gasteiger partial charge in [-0.2, -0.15) is 0 Å². The molecule has 0 bridgehead atoms. The summed E-state index contributed by atoms with van der Waals surface area (Å²) < 4.78 is 28.1. The van der Waals surface area contributed by atoms with Gasteiger partial charge in [0.15, 0.2) is 18.9 Å². The Morgan fingerprint density at radius 1 is 0.780 bits per heavy atom. The van der Waals surface area contributed by atoms with Crippen molar-refractivity contribution in [2.24, 2.45) is 23.1 Å². The monoisotopic (exact) mass is 599 g/mol. The highest BCUT2D eigenvalue weighted by Gasteiger charge is 2.58. The topological polar surface area (TPSA) is 320 Å². The number of ether oxygens (including phenoxy) is 5. The second-order valence-electron chi connectivity index (χ2n) is 10.4. The van der Waals surface area contributed by atoms with Gasteiger partial charge in [-0.3, -0.25) is 0 Å². The minimum Gasteiger partial charge on any atom is -0.394 e. The Morgan fingerprint density at radius 3 is 1.85 bits per heavy atom. The molecule has 3 heterocycles. The van der Waals surface area contributed by atoms with Crippen LogP contribution in [0.4, 0.5) is 0 Å². The first-order chi connectivity index (χ1) is 19.4. The zero-order chi connectivity index (χ0) is 30.6. The van der Waals surface area contributed by atoms with E-state index in [2.05, 4.69) is 0 Å². The fourth-order valence-corrected chi connectivity index (χ4v) is 5.33. The fraction of sp³-hybridized carbons (Fsp3) is 0.913. The van der Waals surface area contributed by atoms with Crippen LogP contribution >= 0.6 is 0 Å². The number of hydrogen-bond acceptors (Lipinski definition) is 18. The number of aliphatic hydroxyl groups is 8. The van der Waals surface area contributed by atoms with E-state index in [1.165, 1.54) is 0 Å². The third-order valence-corrected chi connectivity index (χ3v) is 7.91. The molecule has 3 unspecified atom stereocenters. The average molecular weight is 600 g/mol. The van der Waals surface area contributed by atoms with Crippen molar-refractivity contribution < 1.29 is 74.1 Å². The Morgan fingerprint density at radius 2 is 1.32 bits per heavy atom. The lowest BCUT2D eigenvalue weighted by molar-refractivity contribution is -0.364. The van der Waals surface area contributed by atoms with E-state index in [4.69, 9.17) is 40.9 Å². The van der Waals surface area contributed by atoms with Crippen LogP contribution in [0.3, 0.4) is 0 Å². The molecule has 3 aliphatic heterocycles. The number of rotatable bonds is 12. The summed E-state index contributed by atoms with van der Waals surface area (Å²) >= 11 is 0. The van der Waals surface area contributed by atoms with Gasteiger partial charge in [-0.15, -0.1) is 0 Å². The summed E-state index contributed by atoms with van der Waals surface area (Å²) in [6.07, 6.45) is -16.7. The van der Waals surface area contributed by atoms with Crippen LogP contribution in [0, 0.1) is 5.92 Å². The molecule has 3 rings (SSSR count). The number of aldehydes is 2. The lowest BCUT2D eigenvalue weighted by atomic mass is 9.76. The van der Waals surface area contributed by atoms with Gasteiger partial charge in [0, 0.05) is 12.3 Å². The van der Waals surface area contributed by atoms with Gasteiger partial charge in [0.05, 0.1) is 37.9 Å².